The Labute approximate surface area is 128 Å². The van der Waals surface area contributed by atoms with Crippen LogP contribution in [0.3, 0.4) is 0 Å². The second kappa shape index (κ2) is 5.90. The van der Waals surface area contributed by atoms with Gasteiger partial charge in [-0.15, -0.1) is 0 Å². The standard InChI is InChI=1S/C16H17N2O4/c1-10-13(19)8-14(22-10)18-9-12(15(20)17-16(18)21)7-6-11-4-2-3-5-11/h2-7,9-10,13-14,19H,8H2,1H3,(H,17,20,21)/b7-6+/t10-,13?,14-/m1/s1/i1D. The number of H-pyrrole nitrogens is 1. The van der Waals surface area contributed by atoms with Crippen molar-refractivity contribution in [2.24, 2.45) is 0 Å². The molecule has 1 radical (unpaired) electrons. The van der Waals surface area contributed by atoms with Gasteiger partial charge in [0.2, 0.25) is 0 Å². The maximum Gasteiger partial charge on any atom is 0.330 e. The van der Waals surface area contributed by atoms with Crippen molar-refractivity contribution in [2.45, 2.75) is 31.8 Å². The molecule has 1 aromatic heterocycles. The first-order valence-corrected chi connectivity index (χ1v) is 6.96. The number of ether oxygens (including phenoxy) is 1. The lowest BCUT2D eigenvalue weighted by Gasteiger charge is -2.13. The highest BCUT2D eigenvalue weighted by atomic mass is 16.5. The summed E-state index contributed by atoms with van der Waals surface area (Å²) in [5.74, 6) is 0. The second-order valence-corrected chi connectivity index (χ2v) is 5.23. The Morgan fingerprint density at radius 3 is 3.05 bits per heavy atom. The third kappa shape index (κ3) is 2.88. The molecule has 0 saturated carbocycles. The van der Waals surface area contributed by atoms with Gasteiger partial charge < -0.3 is 9.84 Å². The smallest absolute Gasteiger partial charge is 0.330 e. The van der Waals surface area contributed by atoms with Gasteiger partial charge >= 0.3 is 5.69 Å². The van der Waals surface area contributed by atoms with Gasteiger partial charge in [0.25, 0.3) is 5.56 Å². The maximum atomic E-state index is 12.0. The molecule has 2 N–H and O–H groups in total. The first-order chi connectivity index (χ1) is 11.1. The van der Waals surface area contributed by atoms with E-state index in [9.17, 15) is 14.7 Å². The fraction of sp³-hybridized carbons (Fsp3) is 0.312. The van der Waals surface area contributed by atoms with Gasteiger partial charge in [-0.25, -0.2) is 4.79 Å². The van der Waals surface area contributed by atoms with Crippen LogP contribution in [-0.2, 0) is 4.74 Å². The largest absolute Gasteiger partial charge is 0.390 e. The van der Waals surface area contributed by atoms with E-state index in [0.29, 0.717) is 5.56 Å². The molecule has 1 aromatic rings. The predicted octanol–water partition coefficient (Wildman–Crippen LogP) is 0.919. The molecular formula is C16H17N2O4. The van der Waals surface area contributed by atoms with Crippen molar-refractivity contribution < 1.29 is 11.2 Å². The van der Waals surface area contributed by atoms with Crippen molar-refractivity contribution in [1.82, 2.24) is 9.55 Å². The Kier molecular flexibility index (Phi) is 3.62. The molecule has 0 amide bonds. The quantitative estimate of drug-likeness (QED) is 0.869. The molecule has 115 valence electrons. The van der Waals surface area contributed by atoms with Crippen LogP contribution >= 0.6 is 0 Å². The van der Waals surface area contributed by atoms with Gasteiger partial charge in [-0.3, -0.25) is 14.3 Å². The fourth-order valence-electron chi connectivity index (χ4n) is 2.41. The van der Waals surface area contributed by atoms with E-state index < -0.39 is 29.7 Å². The summed E-state index contributed by atoms with van der Waals surface area (Å²) in [6.45, 7) is -0.0838. The summed E-state index contributed by atoms with van der Waals surface area (Å²) in [6.07, 6.45) is 10.5. The van der Waals surface area contributed by atoms with Crippen LogP contribution in [0.4, 0.5) is 0 Å². The summed E-state index contributed by atoms with van der Waals surface area (Å²) in [5.41, 5.74) is 0.190. The summed E-state index contributed by atoms with van der Waals surface area (Å²) in [6, 6.07) is 0. The van der Waals surface area contributed by atoms with Crippen molar-refractivity contribution in [3.8, 4) is 0 Å². The van der Waals surface area contributed by atoms with E-state index in [-0.39, 0.29) is 13.3 Å². The average molecular weight is 302 g/mol. The topological polar surface area (TPSA) is 84.3 Å². The third-order valence-electron chi connectivity index (χ3n) is 3.65. The van der Waals surface area contributed by atoms with Crippen LogP contribution in [-0.4, -0.2) is 26.9 Å². The van der Waals surface area contributed by atoms with E-state index in [1.165, 1.54) is 10.8 Å². The molecule has 2 aliphatic rings. The van der Waals surface area contributed by atoms with Crippen LogP contribution in [0.1, 0.15) is 26.5 Å². The molecule has 1 aliphatic carbocycles. The minimum Gasteiger partial charge on any atom is -0.390 e. The molecule has 6 heteroatoms. The SMILES string of the molecule is [2H]C[C@H]1O[C@@H](n2cc(/C=C/C3=C[CH]C=C3)c(=O)[nH]c2=O)CC1O. The van der Waals surface area contributed by atoms with E-state index in [2.05, 4.69) is 4.98 Å². The molecule has 1 saturated heterocycles. The van der Waals surface area contributed by atoms with Gasteiger partial charge in [0.15, 0.2) is 0 Å². The first kappa shape index (κ1) is 13.5. The normalized spacial score (nSPS) is 28.3. The summed E-state index contributed by atoms with van der Waals surface area (Å²) in [5, 5.41) is 9.82. The Morgan fingerprint density at radius 1 is 1.50 bits per heavy atom. The van der Waals surface area contributed by atoms with Gasteiger partial charge in [0.1, 0.15) is 6.23 Å². The fourth-order valence-corrected chi connectivity index (χ4v) is 2.41. The predicted molar refractivity (Wildman–Crippen MR) is 82.1 cm³/mol. The molecule has 6 nitrogen and oxygen atoms in total. The van der Waals surface area contributed by atoms with Crippen molar-refractivity contribution in [2.75, 3.05) is 0 Å². The number of hydrogen-bond donors (Lipinski definition) is 2. The number of aliphatic hydroxyl groups excluding tert-OH is 1. The molecular weight excluding hydrogens is 284 g/mol. The average Bonchev–Trinajstić information content (AvgIpc) is 3.15. The molecule has 1 unspecified atom stereocenters. The van der Waals surface area contributed by atoms with Crippen LogP contribution in [0, 0.1) is 6.42 Å². The summed E-state index contributed by atoms with van der Waals surface area (Å²) >= 11 is 0. The number of aromatic nitrogens is 2. The van der Waals surface area contributed by atoms with Crippen molar-refractivity contribution in [3.63, 3.8) is 0 Å². The van der Waals surface area contributed by atoms with E-state index in [0.717, 1.165) is 5.57 Å². The van der Waals surface area contributed by atoms with Crippen molar-refractivity contribution >= 4 is 6.08 Å². The van der Waals surface area contributed by atoms with Crippen LogP contribution in [0.25, 0.3) is 6.08 Å². The third-order valence-corrected chi connectivity index (χ3v) is 3.65. The van der Waals surface area contributed by atoms with Gasteiger partial charge in [-0.2, -0.15) is 0 Å². The number of aliphatic hydroxyl groups is 1. The highest BCUT2D eigenvalue weighted by Crippen LogP contribution is 2.27. The van der Waals surface area contributed by atoms with E-state index in [1.807, 2.05) is 24.6 Å². The Bertz CT molecular complexity index is 790. The van der Waals surface area contributed by atoms with E-state index in [4.69, 9.17) is 6.11 Å². The second-order valence-electron chi connectivity index (χ2n) is 5.23. The van der Waals surface area contributed by atoms with E-state index >= 15 is 0 Å². The highest BCUT2D eigenvalue weighted by molar-refractivity contribution is 5.55. The van der Waals surface area contributed by atoms with Gasteiger partial charge in [-0.05, 0) is 18.5 Å². The van der Waals surface area contributed by atoms with Crippen molar-refractivity contribution in [1.29, 1.82) is 0 Å². The lowest BCUT2D eigenvalue weighted by molar-refractivity contribution is -0.0101. The molecule has 22 heavy (non-hydrogen) atoms. The minimum atomic E-state index is -0.792. The lowest BCUT2D eigenvalue weighted by Crippen LogP contribution is -2.33. The van der Waals surface area contributed by atoms with Gasteiger partial charge in [0.05, 0.1) is 17.8 Å². The summed E-state index contributed by atoms with van der Waals surface area (Å²) in [4.78, 5) is 26.2. The van der Waals surface area contributed by atoms with Crippen LogP contribution in [0.2, 0.25) is 0 Å². The molecule has 0 aromatic carbocycles. The lowest BCUT2D eigenvalue weighted by atomic mass is 10.2. The van der Waals surface area contributed by atoms with Gasteiger partial charge in [0, 0.05) is 20.4 Å². The van der Waals surface area contributed by atoms with Crippen molar-refractivity contribution in [3.05, 3.63) is 68.9 Å². The number of aromatic amines is 1. The Balaban J connectivity index is 1.90. The molecule has 3 rings (SSSR count). The zero-order chi connectivity index (χ0) is 16.4. The van der Waals surface area contributed by atoms with Crippen LogP contribution in [0.15, 0.2) is 45.7 Å². The monoisotopic (exact) mass is 302 g/mol. The molecule has 0 bridgehead atoms. The zero-order valence-electron chi connectivity index (χ0n) is 12.8. The molecule has 3 atom stereocenters. The number of nitrogens with one attached hydrogen (secondary N) is 1. The minimum absolute atomic E-state index is 0.0838. The first-order valence-electron chi connectivity index (χ1n) is 7.67. The Morgan fingerprint density at radius 2 is 2.36 bits per heavy atom. The number of rotatable bonds is 3. The zero-order valence-corrected chi connectivity index (χ0v) is 11.8. The van der Waals surface area contributed by atoms with E-state index in [1.54, 1.807) is 12.2 Å². The van der Waals surface area contributed by atoms with Crippen LogP contribution < -0.4 is 11.2 Å². The molecule has 1 fully saturated rings. The molecule has 1 aliphatic heterocycles. The van der Waals surface area contributed by atoms with Gasteiger partial charge in [-0.1, -0.05) is 24.3 Å². The van der Waals surface area contributed by atoms with Crippen LogP contribution in [0.5, 0.6) is 0 Å². The molecule has 2 heterocycles. The number of nitrogens with zero attached hydrogens (tertiary/aromatic N) is 1. The highest BCUT2D eigenvalue weighted by Gasteiger charge is 2.32. The summed E-state index contributed by atoms with van der Waals surface area (Å²) < 4.78 is 14.1. The Hall–Kier alpha value is -2.18. The number of allylic oxidation sites excluding steroid dienone is 5. The molecule has 0 spiro atoms. The number of hydrogen-bond acceptors (Lipinski definition) is 4. The summed E-state index contributed by atoms with van der Waals surface area (Å²) in [7, 11) is 0. The maximum absolute atomic E-state index is 12.0.